The molecule has 2 aromatic rings. The normalized spacial score (nSPS) is 10.4. The smallest absolute Gasteiger partial charge is 0.269 e. The number of hydrogen-bond acceptors (Lipinski definition) is 4. The molecule has 0 aliphatic carbocycles. The van der Waals surface area contributed by atoms with Gasteiger partial charge in [0.15, 0.2) is 0 Å². The number of rotatable bonds is 5. The molecule has 2 N–H and O–H groups in total. The summed E-state index contributed by atoms with van der Waals surface area (Å²) < 4.78 is 13.3. The third-order valence-corrected chi connectivity index (χ3v) is 3.40. The fourth-order valence-corrected chi connectivity index (χ4v) is 2.15. The Kier molecular flexibility index (Phi) is 5.02. The summed E-state index contributed by atoms with van der Waals surface area (Å²) in [4.78, 5) is 22.3. The highest BCUT2D eigenvalue weighted by Crippen LogP contribution is 2.17. The van der Waals surface area contributed by atoms with Crippen molar-refractivity contribution in [1.29, 1.82) is 0 Å². The first kappa shape index (κ1) is 16.6. The van der Waals surface area contributed by atoms with Gasteiger partial charge in [-0.15, -0.1) is 0 Å². The van der Waals surface area contributed by atoms with Gasteiger partial charge in [-0.25, -0.2) is 4.39 Å². The molecule has 0 saturated heterocycles. The van der Waals surface area contributed by atoms with Crippen molar-refractivity contribution < 1.29 is 19.2 Å². The van der Waals surface area contributed by atoms with E-state index in [0.717, 1.165) is 0 Å². The summed E-state index contributed by atoms with van der Waals surface area (Å²) in [5.74, 6) is -0.888. The van der Waals surface area contributed by atoms with Gasteiger partial charge in [-0.3, -0.25) is 14.9 Å². The Morgan fingerprint density at radius 2 is 2.04 bits per heavy atom. The Morgan fingerprint density at radius 1 is 1.30 bits per heavy atom. The highest BCUT2D eigenvalue weighted by atomic mass is 19.1. The Hall–Kier alpha value is -2.80. The van der Waals surface area contributed by atoms with Crippen LogP contribution in [0.5, 0.6) is 0 Å². The van der Waals surface area contributed by atoms with Crippen molar-refractivity contribution in [3.8, 4) is 0 Å². The van der Waals surface area contributed by atoms with Crippen molar-refractivity contribution in [3.63, 3.8) is 0 Å². The zero-order valence-corrected chi connectivity index (χ0v) is 12.4. The summed E-state index contributed by atoms with van der Waals surface area (Å²) in [7, 11) is 0. The van der Waals surface area contributed by atoms with Gasteiger partial charge in [0.05, 0.1) is 11.5 Å². The predicted molar refractivity (Wildman–Crippen MR) is 81.3 cm³/mol. The van der Waals surface area contributed by atoms with Crippen molar-refractivity contribution >= 4 is 11.6 Å². The molecule has 0 fully saturated rings. The molecule has 0 spiro atoms. The van der Waals surface area contributed by atoms with E-state index in [4.69, 9.17) is 5.11 Å². The van der Waals surface area contributed by atoms with Crippen LogP contribution in [0.1, 0.15) is 27.0 Å². The average Bonchev–Trinajstić information content (AvgIpc) is 2.53. The van der Waals surface area contributed by atoms with Crippen LogP contribution >= 0.6 is 0 Å². The molecule has 7 heteroatoms. The molecular weight excluding hydrogens is 303 g/mol. The minimum absolute atomic E-state index is 0.0785. The molecule has 0 bridgehead atoms. The lowest BCUT2D eigenvalue weighted by molar-refractivity contribution is -0.384. The lowest BCUT2D eigenvalue weighted by Crippen LogP contribution is -2.23. The number of halogens is 1. The van der Waals surface area contributed by atoms with Crippen molar-refractivity contribution in [2.75, 3.05) is 0 Å². The Morgan fingerprint density at radius 3 is 2.65 bits per heavy atom. The molecule has 23 heavy (non-hydrogen) atoms. The number of nitrogens with zero attached hydrogens (tertiary/aromatic N) is 1. The van der Waals surface area contributed by atoms with Gasteiger partial charge in [0.25, 0.3) is 11.6 Å². The van der Waals surface area contributed by atoms with E-state index >= 15 is 0 Å². The van der Waals surface area contributed by atoms with Gasteiger partial charge >= 0.3 is 0 Å². The summed E-state index contributed by atoms with van der Waals surface area (Å²) in [6, 6.07) is 8.20. The lowest BCUT2D eigenvalue weighted by atomic mass is 10.1. The van der Waals surface area contributed by atoms with Crippen LogP contribution in [0.15, 0.2) is 36.4 Å². The first-order chi connectivity index (χ1) is 10.9. The van der Waals surface area contributed by atoms with E-state index < -0.39 is 17.3 Å². The molecule has 0 aliphatic heterocycles. The standard InChI is InChI=1S/C16H15FN2O4/c1-10-6-13(19(22)23)3-4-14(10)16(21)18-8-11-2-5-15(17)12(7-11)9-20/h2-7,20H,8-9H2,1H3,(H,18,21). The number of aliphatic hydroxyl groups excluding tert-OH is 1. The molecule has 0 atom stereocenters. The van der Waals surface area contributed by atoms with E-state index in [1.54, 1.807) is 6.92 Å². The van der Waals surface area contributed by atoms with Gasteiger partial charge in [0.1, 0.15) is 5.82 Å². The molecule has 0 radical (unpaired) electrons. The molecule has 120 valence electrons. The number of nitrogens with one attached hydrogen (secondary N) is 1. The molecule has 1 amide bonds. The number of hydrogen-bond donors (Lipinski definition) is 2. The second-order valence-corrected chi connectivity index (χ2v) is 5.02. The Labute approximate surface area is 131 Å². The monoisotopic (exact) mass is 318 g/mol. The van der Waals surface area contributed by atoms with E-state index in [-0.39, 0.29) is 23.7 Å². The number of benzene rings is 2. The number of aryl methyl sites for hydroxylation is 1. The lowest BCUT2D eigenvalue weighted by Gasteiger charge is -2.09. The third-order valence-electron chi connectivity index (χ3n) is 3.40. The second kappa shape index (κ2) is 6.97. The van der Waals surface area contributed by atoms with E-state index in [9.17, 15) is 19.3 Å². The summed E-state index contributed by atoms with van der Waals surface area (Å²) in [6.07, 6.45) is 0. The minimum Gasteiger partial charge on any atom is -0.392 e. The van der Waals surface area contributed by atoms with Crippen LogP contribution in [0.4, 0.5) is 10.1 Å². The molecule has 6 nitrogen and oxygen atoms in total. The first-order valence-corrected chi connectivity index (χ1v) is 6.83. The van der Waals surface area contributed by atoms with Gasteiger partial charge < -0.3 is 10.4 Å². The molecule has 2 rings (SSSR count). The van der Waals surface area contributed by atoms with Crippen LogP contribution in [-0.4, -0.2) is 15.9 Å². The molecule has 0 unspecified atom stereocenters. The fraction of sp³-hybridized carbons (Fsp3) is 0.188. The second-order valence-electron chi connectivity index (χ2n) is 5.02. The SMILES string of the molecule is Cc1cc([N+](=O)[O-])ccc1C(=O)NCc1ccc(F)c(CO)c1. The fourth-order valence-electron chi connectivity index (χ4n) is 2.15. The number of carbonyl (C=O) groups is 1. The van der Waals surface area contributed by atoms with Gasteiger partial charge in [0.2, 0.25) is 0 Å². The molecule has 2 aromatic carbocycles. The summed E-state index contributed by atoms with van der Waals surface area (Å²) >= 11 is 0. The van der Waals surface area contributed by atoms with E-state index in [2.05, 4.69) is 5.32 Å². The highest BCUT2D eigenvalue weighted by molar-refractivity contribution is 5.95. The zero-order valence-electron chi connectivity index (χ0n) is 12.4. The maximum atomic E-state index is 13.3. The van der Waals surface area contributed by atoms with Crippen LogP contribution in [0.2, 0.25) is 0 Å². The molecule has 0 aliphatic rings. The van der Waals surface area contributed by atoms with E-state index in [1.807, 2.05) is 0 Å². The minimum atomic E-state index is -0.524. The number of nitro benzene ring substituents is 1. The summed E-state index contributed by atoms with van der Waals surface area (Å²) in [6.45, 7) is 1.35. The van der Waals surface area contributed by atoms with Crippen molar-refractivity contribution in [3.05, 3.63) is 74.6 Å². The van der Waals surface area contributed by atoms with E-state index in [0.29, 0.717) is 16.7 Å². The molecular formula is C16H15FN2O4. The molecule has 0 heterocycles. The number of aliphatic hydroxyl groups is 1. The highest BCUT2D eigenvalue weighted by Gasteiger charge is 2.13. The molecule has 0 saturated carbocycles. The summed E-state index contributed by atoms with van der Waals surface area (Å²) in [5, 5.41) is 22.4. The van der Waals surface area contributed by atoms with Crippen LogP contribution < -0.4 is 5.32 Å². The number of non-ortho nitro benzene ring substituents is 1. The Bertz CT molecular complexity index is 762. The predicted octanol–water partition coefficient (Wildman–Crippen LogP) is 2.46. The zero-order chi connectivity index (χ0) is 17.0. The van der Waals surface area contributed by atoms with Gasteiger partial charge in [-0.05, 0) is 36.2 Å². The maximum absolute atomic E-state index is 13.3. The van der Waals surface area contributed by atoms with Crippen LogP contribution in [0.3, 0.4) is 0 Å². The number of carbonyl (C=O) groups excluding carboxylic acids is 1. The van der Waals surface area contributed by atoms with Gasteiger partial charge in [-0.2, -0.15) is 0 Å². The quantitative estimate of drug-likeness (QED) is 0.654. The Balaban J connectivity index is 2.09. The topological polar surface area (TPSA) is 92.5 Å². The van der Waals surface area contributed by atoms with Crippen LogP contribution in [0, 0.1) is 22.9 Å². The van der Waals surface area contributed by atoms with Gasteiger partial charge in [0, 0.05) is 29.8 Å². The average molecular weight is 318 g/mol. The van der Waals surface area contributed by atoms with Crippen LogP contribution in [-0.2, 0) is 13.2 Å². The van der Waals surface area contributed by atoms with Crippen molar-refractivity contribution in [1.82, 2.24) is 5.32 Å². The van der Waals surface area contributed by atoms with Crippen molar-refractivity contribution in [2.24, 2.45) is 0 Å². The van der Waals surface area contributed by atoms with Crippen LogP contribution in [0.25, 0.3) is 0 Å². The van der Waals surface area contributed by atoms with Gasteiger partial charge in [-0.1, -0.05) is 6.07 Å². The molecule has 0 aromatic heterocycles. The number of amides is 1. The largest absolute Gasteiger partial charge is 0.392 e. The first-order valence-electron chi connectivity index (χ1n) is 6.83. The third kappa shape index (κ3) is 3.89. The number of nitro groups is 1. The van der Waals surface area contributed by atoms with E-state index in [1.165, 1.54) is 36.4 Å². The maximum Gasteiger partial charge on any atom is 0.269 e. The van der Waals surface area contributed by atoms with Crippen molar-refractivity contribution in [2.45, 2.75) is 20.1 Å². The summed E-state index contributed by atoms with van der Waals surface area (Å²) in [5.41, 5.74) is 1.55.